The van der Waals surface area contributed by atoms with Gasteiger partial charge in [0.25, 0.3) is 0 Å². The van der Waals surface area contributed by atoms with Gasteiger partial charge in [-0.2, -0.15) is 0 Å². The minimum atomic E-state index is -1.09. The van der Waals surface area contributed by atoms with Gasteiger partial charge in [-0.3, -0.25) is 19.2 Å². The van der Waals surface area contributed by atoms with Crippen molar-refractivity contribution in [1.29, 1.82) is 0 Å². The highest BCUT2D eigenvalue weighted by atomic mass is 16.6. The summed E-state index contributed by atoms with van der Waals surface area (Å²) in [7, 11) is 0. The highest BCUT2D eigenvalue weighted by Crippen LogP contribution is 2.22. The summed E-state index contributed by atoms with van der Waals surface area (Å²) < 4.78 is 5.26. The van der Waals surface area contributed by atoms with E-state index in [1.165, 1.54) is 0 Å². The first-order valence-corrected chi connectivity index (χ1v) is 12.0. The summed E-state index contributed by atoms with van der Waals surface area (Å²) in [5, 5.41) is 5.32. The summed E-state index contributed by atoms with van der Waals surface area (Å²) in [6.45, 7) is 7.41. The van der Waals surface area contributed by atoms with Crippen molar-refractivity contribution in [2.45, 2.75) is 78.1 Å². The first-order chi connectivity index (χ1) is 16.5. The van der Waals surface area contributed by atoms with Gasteiger partial charge in [0.05, 0.1) is 0 Å². The number of hydrogen-bond acceptors (Lipinski definition) is 6. The van der Waals surface area contributed by atoms with E-state index in [9.17, 15) is 24.0 Å². The van der Waals surface area contributed by atoms with Crippen LogP contribution in [-0.4, -0.2) is 52.7 Å². The third-order valence-electron chi connectivity index (χ3n) is 6.08. The van der Waals surface area contributed by atoms with Gasteiger partial charge in [0, 0.05) is 6.42 Å². The van der Waals surface area contributed by atoms with E-state index in [1.807, 2.05) is 26.8 Å². The fourth-order valence-electron chi connectivity index (χ4n) is 3.88. The largest absolute Gasteiger partial charge is 0.444 e. The minimum Gasteiger partial charge on any atom is -0.444 e. The Balaban J connectivity index is 2.10. The molecular weight excluding hydrogens is 452 g/mol. The molecule has 1 aliphatic rings. The number of nitrogens with one attached hydrogen (secondary N) is 2. The second-order valence-corrected chi connectivity index (χ2v) is 9.32. The van der Waals surface area contributed by atoms with Crippen LogP contribution in [0.4, 0.5) is 4.79 Å². The average Bonchev–Trinajstić information content (AvgIpc) is 3.21. The molecule has 0 saturated carbocycles. The van der Waals surface area contributed by atoms with E-state index >= 15 is 0 Å². The van der Waals surface area contributed by atoms with Crippen molar-refractivity contribution >= 4 is 29.7 Å². The molecule has 5 amide bonds. The third kappa shape index (κ3) is 7.80. The molecule has 1 aliphatic heterocycles. The van der Waals surface area contributed by atoms with Crippen LogP contribution in [0.3, 0.4) is 0 Å². The molecule has 1 fully saturated rings. The number of likely N-dealkylation sites (tertiary alicyclic amines) is 1. The molecule has 0 aromatic heterocycles. The fraction of sp³-hybridized carbons (Fsp3) is 0.560. The maximum Gasteiger partial charge on any atom is 0.417 e. The SMILES string of the molecule is CCC(C)C(NC(=O)C1CCC(=O)N1C(=O)OCc1ccccc1)C(=O)NC(CC(C)C)C(N)=O. The number of benzene rings is 1. The lowest BCUT2D eigenvalue weighted by molar-refractivity contribution is -0.136. The minimum absolute atomic E-state index is 0.0108. The molecule has 10 nitrogen and oxygen atoms in total. The van der Waals surface area contributed by atoms with Crippen molar-refractivity contribution in [2.24, 2.45) is 17.6 Å². The number of ether oxygens (including phenoxy) is 1. The molecule has 0 bridgehead atoms. The molecule has 4 N–H and O–H groups in total. The lowest BCUT2D eigenvalue weighted by atomic mass is 9.96. The van der Waals surface area contributed by atoms with E-state index in [1.54, 1.807) is 31.2 Å². The zero-order chi connectivity index (χ0) is 26.1. The normalized spacial score (nSPS) is 18.0. The van der Waals surface area contributed by atoms with Crippen LogP contribution in [-0.2, 0) is 30.5 Å². The standard InChI is InChI=1S/C25H36N4O6/c1-5-16(4)21(24(33)27-18(22(26)31)13-15(2)3)28-23(32)19-11-12-20(30)29(19)25(34)35-14-17-9-7-6-8-10-17/h6-10,15-16,18-19,21H,5,11-14H2,1-4H3,(H2,26,31)(H,27,33)(H,28,32). The molecule has 1 aromatic rings. The van der Waals surface area contributed by atoms with E-state index in [4.69, 9.17) is 10.5 Å². The van der Waals surface area contributed by atoms with Crippen LogP contribution in [0.2, 0.25) is 0 Å². The summed E-state index contributed by atoms with van der Waals surface area (Å²) in [6.07, 6.45) is 0.150. The molecule has 35 heavy (non-hydrogen) atoms. The monoisotopic (exact) mass is 488 g/mol. The molecule has 0 radical (unpaired) electrons. The number of imide groups is 1. The van der Waals surface area contributed by atoms with Crippen LogP contribution in [0.1, 0.15) is 58.9 Å². The van der Waals surface area contributed by atoms with Crippen molar-refractivity contribution in [2.75, 3.05) is 0 Å². The second kappa shape index (κ2) is 12.9. The Morgan fingerprint density at radius 1 is 1.11 bits per heavy atom. The molecule has 1 aromatic carbocycles. The Morgan fingerprint density at radius 3 is 2.34 bits per heavy atom. The van der Waals surface area contributed by atoms with Crippen LogP contribution >= 0.6 is 0 Å². The predicted molar refractivity (Wildman–Crippen MR) is 128 cm³/mol. The highest BCUT2D eigenvalue weighted by molar-refractivity contribution is 6.01. The molecular formula is C25H36N4O6. The number of primary amides is 1. The maximum absolute atomic E-state index is 13.1. The Kier molecular flexibility index (Phi) is 10.2. The molecule has 4 atom stereocenters. The van der Waals surface area contributed by atoms with E-state index in [0.717, 1.165) is 10.5 Å². The first kappa shape index (κ1) is 27.8. The van der Waals surface area contributed by atoms with Gasteiger partial charge in [-0.1, -0.05) is 64.4 Å². The third-order valence-corrected chi connectivity index (χ3v) is 6.08. The van der Waals surface area contributed by atoms with Crippen LogP contribution < -0.4 is 16.4 Å². The Bertz CT molecular complexity index is 920. The van der Waals surface area contributed by atoms with E-state index < -0.39 is 47.8 Å². The average molecular weight is 489 g/mol. The number of rotatable bonds is 11. The topological polar surface area (TPSA) is 148 Å². The van der Waals surface area contributed by atoms with Gasteiger partial charge in [-0.25, -0.2) is 9.69 Å². The van der Waals surface area contributed by atoms with Crippen molar-refractivity contribution in [3.8, 4) is 0 Å². The molecule has 4 unspecified atom stereocenters. The molecule has 1 heterocycles. The van der Waals surface area contributed by atoms with Crippen molar-refractivity contribution in [3.05, 3.63) is 35.9 Å². The van der Waals surface area contributed by atoms with Gasteiger partial charge in [0.2, 0.25) is 23.6 Å². The molecule has 1 saturated heterocycles. The number of hydrogen-bond donors (Lipinski definition) is 3. The summed E-state index contributed by atoms with van der Waals surface area (Å²) in [5.41, 5.74) is 6.19. The van der Waals surface area contributed by atoms with Crippen LogP contribution in [0.5, 0.6) is 0 Å². The number of amides is 5. The van der Waals surface area contributed by atoms with E-state index in [-0.39, 0.29) is 31.3 Å². The lowest BCUT2D eigenvalue weighted by Gasteiger charge is -2.28. The molecule has 0 spiro atoms. The van der Waals surface area contributed by atoms with Gasteiger partial charge in [0.15, 0.2) is 0 Å². The molecule has 10 heteroatoms. The van der Waals surface area contributed by atoms with Crippen LogP contribution in [0.25, 0.3) is 0 Å². The fourth-order valence-corrected chi connectivity index (χ4v) is 3.88. The number of nitrogens with two attached hydrogens (primary N) is 1. The van der Waals surface area contributed by atoms with Crippen LogP contribution in [0.15, 0.2) is 30.3 Å². The quantitative estimate of drug-likeness (QED) is 0.433. The van der Waals surface area contributed by atoms with E-state index in [2.05, 4.69) is 10.6 Å². The van der Waals surface area contributed by atoms with Gasteiger partial charge < -0.3 is 21.1 Å². The number of carbonyl (C=O) groups is 5. The number of nitrogens with zero attached hydrogens (tertiary/aromatic N) is 1. The van der Waals surface area contributed by atoms with Gasteiger partial charge in [-0.15, -0.1) is 0 Å². The van der Waals surface area contributed by atoms with Crippen molar-refractivity contribution in [1.82, 2.24) is 15.5 Å². The smallest absolute Gasteiger partial charge is 0.417 e. The summed E-state index contributed by atoms with van der Waals surface area (Å²) in [4.78, 5) is 63.8. The second-order valence-electron chi connectivity index (χ2n) is 9.32. The summed E-state index contributed by atoms with van der Waals surface area (Å²) in [6, 6.07) is 6.04. The van der Waals surface area contributed by atoms with Gasteiger partial charge in [-0.05, 0) is 30.2 Å². The van der Waals surface area contributed by atoms with Gasteiger partial charge >= 0.3 is 6.09 Å². The number of carbonyl (C=O) groups excluding carboxylic acids is 5. The zero-order valence-electron chi connectivity index (χ0n) is 20.8. The zero-order valence-corrected chi connectivity index (χ0v) is 20.8. The highest BCUT2D eigenvalue weighted by Gasteiger charge is 2.43. The van der Waals surface area contributed by atoms with Crippen molar-refractivity contribution < 1.29 is 28.7 Å². The summed E-state index contributed by atoms with van der Waals surface area (Å²) in [5.74, 6) is -2.51. The summed E-state index contributed by atoms with van der Waals surface area (Å²) >= 11 is 0. The molecule has 0 aliphatic carbocycles. The Hall–Kier alpha value is -3.43. The molecule has 192 valence electrons. The van der Waals surface area contributed by atoms with Crippen molar-refractivity contribution in [3.63, 3.8) is 0 Å². The first-order valence-electron chi connectivity index (χ1n) is 12.0. The van der Waals surface area contributed by atoms with E-state index in [0.29, 0.717) is 12.8 Å². The predicted octanol–water partition coefficient (Wildman–Crippen LogP) is 1.86. The van der Waals surface area contributed by atoms with Gasteiger partial charge in [0.1, 0.15) is 24.7 Å². The Labute approximate surface area is 205 Å². The maximum atomic E-state index is 13.1. The van der Waals surface area contributed by atoms with Crippen LogP contribution in [0, 0.1) is 11.8 Å². The lowest BCUT2D eigenvalue weighted by Crippen LogP contribution is -2.58. The Morgan fingerprint density at radius 2 is 1.77 bits per heavy atom. The molecule has 2 rings (SSSR count).